The molecule has 36 heavy (non-hydrogen) atoms. The van der Waals surface area contributed by atoms with Gasteiger partial charge in [-0.3, -0.25) is 9.59 Å². The van der Waals surface area contributed by atoms with E-state index in [-0.39, 0.29) is 17.2 Å². The molecule has 2 aromatic carbocycles. The summed E-state index contributed by atoms with van der Waals surface area (Å²) in [6.45, 7) is 2.80. The Morgan fingerprint density at radius 1 is 0.861 bits per heavy atom. The number of piperidine rings is 1. The van der Waals surface area contributed by atoms with E-state index in [0.29, 0.717) is 48.8 Å². The number of para-hydroxylation sites is 2. The van der Waals surface area contributed by atoms with Gasteiger partial charge in [0.15, 0.2) is 17.1 Å². The van der Waals surface area contributed by atoms with E-state index in [1.807, 2.05) is 81.4 Å². The van der Waals surface area contributed by atoms with Crippen LogP contribution in [0.3, 0.4) is 0 Å². The molecular weight excluding hydrogens is 454 g/mol. The van der Waals surface area contributed by atoms with Crippen molar-refractivity contribution in [3.63, 3.8) is 0 Å². The van der Waals surface area contributed by atoms with E-state index in [2.05, 4.69) is 0 Å². The molecule has 0 bridgehead atoms. The highest BCUT2D eigenvalue weighted by atomic mass is 16.5. The van der Waals surface area contributed by atoms with Crippen molar-refractivity contribution in [2.75, 3.05) is 33.3 Å². The van der Waals surface area contributed by atoms with Gasteiger partial charge in [0.05, 0.1) is 18.4 Å². The van der Waals surface area contributed by atoms with Gasteiger partial charge in [0.1, 0.15) is 0 Å². The second-order valence-electron chi connectivity index (χ2n) is 9.87. The van der Waals surface area contributed by atoms with Crippen LogP contribution in [-0.2, 0) is 0 Å². The van der Waals surface area contributed by atoms with E-state index >= 15 is 0 Å². The summed E-state index contributed by atoms with van der Waals surface area (Å²) in [7, 11) is 1.60. The monoisotopic (exact) mass is 483 g/mol. The SMILES string of the molecule is COc1cccc2cc(C(=O)N3CCC4(CCN(C(=O)c5ccccc5-n5cccc5)CC4)C3)oc12. The van der Waals surface area contributed by atoms with Crippen LogP contribution >= 0.6 is 0 Å². The highest BCUT2D eigenvalue weighted by Gasteiger charge is 2.43. The minimum Gasteiger partial charge on any atom is -0.493 e. The lowest BCUT2D eigenvalue weighted by molar-refractivity contribution is 0.0560. The normalized spacial score (nSPS) is 17.1. The van der Waals surface area contributed by atoms with Crippen molar-refractivity contribution >= 4 is 22.8 Å². The average molecular weight is 484 g/mol. The van der Waals surface area contributed by atoms with Gasteiger partial charge < -0.3 is 23.5 Å². The van der Waals surface area contributed by atoms with E-state index in [4.69, 9.17) is 9.15 Å². The number of carbonyl (C=O) groups excluding carboxylic acids is 2. The third kappa shape index (κ3) is 3.85. The molecule has 0 atom stereocenters. The summed E-state index contributed by atoms with van der Waals surface area (Å²) < 4.78 is 13.3. The number of aromatic nitrogens is 1. The Bertz CT molecular complexity index is 1410. The van der Waals surface area contributed by atoms with Crippen molar-refractivity contribution in [1.82, 2.24) is 14.4 Å². The summed E-state index contributed by atoms with van der Waals surface area (Å²) in [5, 5.41) is 0.860. The first-order valence-corrected chi connectivity index (χ1v) is 12.4. The maximum Gasteiger partial charge on any atom is 0.289 e. The van der Waals surface area contributed by atoms with Crippen LogP contribution < -0.4 is 4.74 Å². The number of fused-ring (bicyclic) bond motifs is 1. The van der Waals surface area contributed by atoms with Crippen LogP contribution in [-0.4, -0.2) is 59.5 Å². The molecule has 2 aliphatic rings. The first kappa shape index (κ1) is 22.5. The molecule has 184 valence electrons. The van der Waals surface area contributed by atoms with Crippen LogP contribution in [0, 0.1) is 5.41 Å². The highest BCUT2D eigenvalue weighted by molar-refractivity contribution is 5.98. The lowest BCUT2D eigenvalue weighted by Crippen LogP contribution is -2.44. The molecule has 0 saturated carbocycles. The largest absolute Gasteiger partial charge is 0.493 e. The second kappa shape index (κ2) is 8.90. The number of methoxy groups -OCH3 is 1. The van der Waals surface area contributed by atoms with Crippen molar-refractivity contribution in [1.29, 1.82) is 0 Å². The number of hydrogen-bond acceptors (Lipinski definition) is 4. The van der Waals surface area contributed by atoms with Crippen molar-refractivity contribution < 1.29 is 18.7 Å². The van der Waals surface area contributed by atoms with E-state index in [1.165, 1.54) is 0 Å². The molecule has 4 aromatic rings. The molecule has 7 heteroatoms. The Morgan fingerprint density at radius 3 is 2.33 bits per heavy atom. The lowest BCUT2D eigenvalue weighted by atomic mass is 9.77. The van der Waals surface area contributed by atoms with Gasteiger partial charge in [0, 0.05) is 44.0 Å². The standard InChI is InChI=1S/C29H29N3O4/c1-35-24-10-6-7-21-19-25(36-26(21)24)28(34)32-18-13-29(20-32)11-16-31(17-12-29)27(33)22-8-2-3-9-23(22)30-14-4-5-15-30/h2-10,14-15,19H,11-13,16-18,20H2,1H3. The predicted molar refractivity (Wildman–Crippen MR) is 137 cm³/mol. The zero-order valence-corrected chi connectivity index (χ0v) is 20.4. The molecule has 0 radical (unpaired) electrons. The number of amides is 2. The molecule has 6 rings (SSSR count). The minimum absolute atomic E-state index is 0.0517. The van der Waals surface area contributed by atoms with Gasteiger partial charge in [-0.15, -0.1) is 0 Å². The Labute approximate surface area is 209 Å². The van der Waals surface area contributed by atoms with E-state index < -0.39 is 0 Å². The van der Waals surface area contributed by atoms with Gasteiger partial charge in [0.25, 0.3) is 11.8 Å². The Balaban J connectivity index is 1.13. The molecule has 2 aliphatic heterocycles. The maximum absolute atomic E-state index is 13.4. The molecule has 4 heterocycles. The van der Waals surface area contributed by atoms with Crippen LogP contribution in [0.4, 0.5) is 0 Å². The van der Waals surface area contributed by atoms with Crippen LogP contribution in [0.1, 0.15) is 40.2 Å². The number of benzene rings is 2. The molecule has 1 spiro atoms. The fourth-order valence-electron chi connectivity index (χ4n) is 5.70. The van der Waals surface area contributed by atoms with E-state index in [0.717, 1.165) is 30.3 Å². The van der Waals surface area contributed by atoms with Gasteiger partial charge in [-0.2, -0.15) is 0 Å². The predicted octanol–water partition coefficient (Wildman–Crippen LogP) is 5.00. The number of carbonyl (C=O) groups is 2. The zero-order chi connectivity index (χ0) is 24.7. The fourth-order valence-corrected chi connectivity index (χ4v) is 5.70. The van der Waals surface area contributed by atoms with E-state index in [1.54, 1.807) is 13.2 Å². The first-order chi connectivity index (χ1) is 17.6. The molecule has 2 fully saturated rings. The number of likely N-dealkylation sites (tertiary alicyclic amines) is 2. The van der Waals surface area contributed by atoms with Gasteiger partial charge in [-0.25, -0.2) is 0 Å². The smallest absolute Gasteiger partial charge is 0.289 e. The summed E-state index contributed by atoms with van der Waals surface area (Å²) >= 11 is 0. The molecule has 2 saturated heterocycles. The molecule has 7 nitrogen and oxygen atoms in total. The van der Waals surface area contributed by atoms with Crippen molar-refractivity contribution in [2.45, 2.75) is 19.3 Å². The van der Waals surface area contributed by atoms with Gasteiger partial charge in [0.2, 0.25) is 0 Å². The summed E-state index contributed by atoms with van der Waals surface area (Å²) in [5.41, 5.74) is 2.26. The summed E-state index contributed by atoms with van der Waals surface area (Å²) in [6, 6.07) is 19.1. The number of rotatable bonds is 4. The van der Waals surface area contributed by atoms with Gasteiger partial charge in [-0.1, -0.05) is 24.3 Å². The van der Waals surface area contributed by atoms with Crippen molar-refractivity contribution in [3.05, 3.63) is 84.4 Å². The third-order valence-corrected chi connectivity index (χ3v) is 7.79. The Kier molecular flexibility index (Phi) is 5.55. The van der Waals surface area contributed by atoms with Crippen LogP contribution in [0.25, 0.3) is 16.7 Å². The van der Waals surface area contributed by atoms with Crippen LogP contribution in [0.5, 0.6) is 5.75 Å². The quantitative estimate of drug-likeness (QED) is 0.410. The van der Waals surface area contributed by atoms with Gasteiger partial charge in [-0.05, 0) is 61.1 Å². The maximum atomic E-state index is 13.4. The topological polar surface area (TPSA) is 67.9 Å². The molecular formula is C29H29N3O4. The van der Waals surface area contributed by atoms with Crippen LogP contribution in [0.2, 0.25) is 0 Å². The number of hydrogen-bond donors (Lipinski definition) is 0. The highest BCUT2D eigenvalue weighted by Crippen LogP contribution is 2.41. The molecule has 0 N–H and O–H groups in total. The second-order valence-corrected chi connectivity index (χ2v) is 9.87. The molecule has 0 aliphatic carbocycles. The Hall–Kier alpha value is -4.00. The summed E-state index contributed by atoms with van der Waals surface area (Å²) in [6.07, 6.45) is 6.65. The Morgan fingerprint density at radius 2 is 1.58 bits per heavy atom. The first-order valence-electron chi connectivity index (χ1n) is 12.4. The van der Waals surface area contributed by atoms with Crippen LogP contribution in [0.15, 0.2) is 77.5 Å². The molecule has 2 aromatic heterocycles. The summed E-state index contributed by atoms with van der Waals surface area (Å²) in [5.74, 6) is 0.959. The van der Waals surface area contributed by atoms with Gasteiger partial charge >= 0.3 is 0 Å². The summed E-state index contributed by atoms with van der Waals surface area (Å²) in [4.78, 5) is 30.6. The molecule has 0 unspecified atom stereocenters. The fraction of sp³-hybridized carbons (Fsp3) is 0.310. The average Bonchev–Trinajstić information content (AvgIpc) is 3.68. The van der Waals surface area contributed by atoms with E-state index in [9.17, 15) is 9.59 Å². The number of furan rings is 1. The van der Waals surface area contributed by atoms with Crippen molar-refractivity contribution in [2.24, 2.45) is 5.41 Å². The minimum atomic E-state index is -0.0794. The number of ether oxygens (including phenoxy) is 1. The lowest BCUT2D eigenvalue weighted by Gasteiger charge is -2.39. The molecule has 2 amide bonds. The third-order valence-electron chi connectivity index (χ3n) is 7.79. The zero-order valence-electron chi connectivity index (χ0n) is 20.4. The number of nitrogens with zero attached hydrogens (tertiary/aromatic N) is 3. The van der Waals surface area contributed by atoms with Crippen molar-refractivity contribution in [3.8, 4) is 11.4 Å².